The molecule has 136 valence electrons. The van der Waals surface area contributed by atoms with Crippen molar-refractivity contribution >= 4 is 17.3 Å². The highest BCUT2D eigenvalue weighted by atomic mass is 32.2. The summed E-state index contributed by atoms with van der Waals surface area (Å²) in [5.74, 6) is -0.249. The summed E-state index contributed by atoms with van der Waals surface area (Å²) in [5.41, 5.74) is 4.86. The highest BCUT2D eigenvalue weighted by Gasteiger charge is 2.18. The van der Waals surface area contributed by atoms with Gasteiger partial charge in [-0.2, -0.15) is 5.10 Å². The molecule has 27 heavy (non-hydrogen) atoms. The van der Waals surface area contributed by atoms with Crippen molar-refractivity contribution in [3.8, 4) is 22.4 Å². The van der Waals surface area contributed by atoms with Gasteiger partial charge in [0.2, 0.25) is 0 Å². The van der Waals surface area contributed by atoms with E-state index < -0.39 is 0 Å². The fourth-order valence-corrected chi connectivity index (χ4v) is 4.01. The van der Waals surface area contributed by atoms with Crippen LogP contribution < -0.4 is 0 Å². The minimum atomic E-state index is -0.249. The predicted molar refractivity (Wildman–Crippen MR) is 109 cm³/mol. The third kappa shape index (κ3) is 3.47. The lowest BCUT2D eigenvalue weighted by Crippen LogP contribution is -1.98. The largest absolute Gasteiger partial charge is 0.265 e. The van der Waals surface area contributed by atoms with Crippen LogP contribution in [-0.2, 0) is 0 Å². The second-order valence-corrected chi connectivity index (χ2v) is 7.92. The zero-order valence-electron chi connectivity index (χ0n) is 15.3. The average molecular weight is 377 g/mol. The molecule has 1 aromatic carbocycles. The molecular weight excluding hydrogens is 357 g/mol. The molecule has 3 nitrogen and oxygen atoms in total. The number of hydrogen-bond acceptors (Lipinski definition) is 3. The number of rotatable bonds is 5. The van der Waals surface area contributed by atoms with Gasteiger partial charge in [0.1, 0.15) is 11.5 Å². The van der Waals surface area contributed by atoms with Gasteiger partial charge in [-0.3, -0.25) is 4.98 Å². The maximum Gasteiger partial charge on any atom is 0.123 e. The van der Waals surface area contributed by atoms with E-state index in [4.69, 9.17) is 5.10 Å². The summed E-state index contributed by atoms with van der Waals surface area (Å²) in [5, 5.41) is 6.53. The lowest BCUT2D eigenvalue weighted by molar-refractivity contribution is 0.628. The summed E-state index contributed by atoms with van der Waals surface area (Å²) in [6.07, 6.45) is 4.65. The highest BCUT2D eigenvalue weighted by molar-refractivity contribution is 7.99. The molecule has 3 aromatic heterocycles. The molecule has 0 fully saturated rings. The number of hydrogen-bond donors (Lipinski definition) is 0. The molecule has 4 rings (SSSR count). The average Bonchev–Trinajstić information content (AvgIpc) is 3.09. The minimum absolute atomic E-state index is 0.249. The van der Waals surface area contributed by atoms with Crippen molar-refractivity contribution < 1.29 is 4.39 Å². The van der Waals surface area contributed by atoms with Crippen LogP contribution in [0.15, 0.2) is 72.0 Å². The van der Waals surface area contributed by atoms with E-state index in [9.17, 15) is 4.39 Å². The van der Waals surface area contributed by atoms with Crippen LogP contribution in [0.1, 0.15) is 20.3 Å². The van der Waals surface area contributed by atoms with Gasteiger partial charge in [0, 0.05) is 28.8 Å². The standard InChI is InChI=1S/C22H20FN3S/c1-3-15(2)27-20-6-4-5-19-21(16-11-13-24-14-12-16)22(25-26(19)20)17-7-9-18(23)10-8-17/h4-15H,3H2,1-2H3. The molecule has 0 spiro atoms. The molecular formula is C22H20FN3S. The first-order valence-electron chi connectivity index (χ1n) is 9.02. The number of thioether (sulfide) groups is 1. The number of fused-ring (bicyclic) bond motifs is 1. The Balaban J connectivity index is 1.98. The summed E-state index contributed by atoms with van der Waals surface area (Å²) >= 11 is 1.82. The quantitative estimate of drug-likeness (QED) is 0.394. The summed E-state index contributed by atoms with van der Waals surface area (Å²) in [4.78, 5) is 4.14. The van der Waals surface area contributed by atoms with E-state index >= 15 is 0 Å². The van der Waals surface area contributed by atoms with Crippen LogP contribution in [0.3, 0.4) is 0 Å². The molecule has 1 unspecified atom stereocenters. The van der Waals surface area contributed by atoms with Crippen molar-refractivity contribution in [3.63, 3.8) is 0 Å². The van der Waals surface area contributed by atoms with Crippen LogP contribution >= 0.6 is 11.8 Å². The van der Waals surface area contributed by atoms with Crippen molar-refractivity contribution in [2.75, 3.05) is 0 Å². The molecule has 0 radical (unpaired) electrons. The van der Waals surface area contributed by atoms with Crippen molar-refractivity contribution in [2.24, 2.45) is 0 Å². The number of aromatic nitrogens is 3. The summed E-state index contributed by atoms with van der Waals surface area (Å²) in [6, 6.07) is 16.7. The van der Waals surface area contributed by atoms with E-state index in [1.165, 1.54) is 12.1 Å². The summed E-state index contributed by atoms with van der Waals surface area (Å²) in [7, 11) is 0. The zero-order valence-corrected chi connectivity index (χ0v) is 16.1. The van der Waals surface area contributed by atoms with Gasteiger partial charge in [-0.15, -0.1) is 11.8 Å². The van der Waals surface area contributed by atoms with Gasteiger partial charge in [0.15, 0.2) is 0 Å². The maximum atomic E-state index is 13.4. The topological polar surface area (TPSA) is 30.2 Å². The van der Waals surface area contributed by atoms with Gasteiger partial charge in [0.25, 0.3) is 0 Å². The van der Waals surface area contributed by atoms with Gasteiger partial charge in [-0.05, 0) is 60.5 Å². The molecule has 1 atom stereocenters. The first-order valence-corrected chi connectivity index (χ1v) is 9.90. The maximum absolute atomic E-state index is 13.4. The van der Waals surface area contributed by atoms with Gasteiger partial charge < -0.3 is 0 Å². The van der Waals surface area contributed by atoms with Crippen LogP contribution in [0, 0.1) is 5.82 Å². The Morgan fingerprint density at radius 3 is 2.44 bits per heavy atom. The molecule has 0 bridgehead atoms. The van der Waals surface area contributed by atoms with Crippen molar-refractivity contribution in [1.29, 1.82) is 0 Å². The van der Waals surface area contributed by atoms with E-state index in [2.05, 4.69) is 37.0 Å². The number of pyridine rings is 2. The fourth-order valence-electron chi connectivity index (χ4n) is 3.04. The molecule has 4 aromatic rings. The van der Waals surface area contributed by atoms with Gasteiger partial charge >= 0.3 is 0 Å². The normalized spacial score (nSPS) is 12.4. The van der Waals surface area contributed by atoms with Crippen molar-refractivity contribution in [1.82, 2.24) is 14.6 Å². The molecule has 3 heterocycles. The van der Waals surface area contributed by atoms with E-state index in [1.807, 2.05) is 28.4 Å². The lowest BCUT2D eigenvalue weighted by Gasteiger charge is -2.09. The molecule has 0 N–H and O–H groups in total. The molecule has 0 amide bonds. The molecule has 0 aliphatic rings. The second-order valence-electron chi connectivity index (χ2n) is 6.46. The zero-order chi connectivity index (χ0) is 18.8. The Morgan fingerprint density at radius 2 is 1.74 bits per heavy atom. The van der Waals surface area contributed by atoms with E-state index in [-0.39, 0.29) is 5.82 Å². The Morgan fingerprint density at radius 1 is 1.00 bits per heavy atom. The van der Waals surface area contributed by atoms with Crippen LogP contribution in [0.5, 0.6) is 0 Å². The Hall–Kier alpha value is -2.66. The minimum Gasteiger partial charge on any atom is -0.265 e. The molecule has 0 saturated heterocycles. The van der Waals surface area contributed by atoms with Gasteiger partial charge in [0.05, 0.1) is 10.5 Å². The van der Waals surface area contributed by atoms with Crippen LogP contribution in [0.25, 0.3) is 27.9 Å². The highest BCUT2D eigenvalue weighted by Crippen LogP contribution is 2.37. The van der Waals surface area contributed by atoms with Crippen molar-refractivity contribution in [3.05, 3.63) is 72.8 Å². The van der Waals surface area contributed by atoms with Crippen LogP contribution in [0.4, 0.5) is 4.39 Å². The Kier molecular flexibility index (Phi) is 4.94. The molecule has 0 aliphatic carbocycles. The fraction of sp³-hybridized carbons (Fsp3) is 0.182. The first kappa shape index (κ1) is 17.7. The third-order valence-electron chi connectivity index (χ3n) is 4.61. The first-order chi connectivity index (χ1) is 13.2. The molecule has 0 saturated carbocycles. The van der Waals surface area contributed by atoms with E-state index in [0.29, 0.717) is 5.25 Å². The van der Waals surface area contributed by atoms with Crippen molar-refractivity contribution in [2.45, 2.75) is 30.5 Å². The Labute approximate surface area is 162 Å². The SMILES string of the molecule is CCC(C)Sc1cccc2c(-c3ccncc3)c(-c3ccc(F)cc3)nn12. The predicted octanol–water partition coefficient (Wildman–Crippen LogP) is 6.09. The smallest absolute Gasteiger partial charge is 0.123 e. The molecule has 0 aliphatic heterocycles. The van der Waals surface area contributed by atoms with E-state index in [0.717, 1.165) is 39.3 Å². The third-order valence-corrected chi connectivity index (χ3v) is 5.89. The Bertz CT molecular complexity index is 1060. The van der Waals surface area contributed by atoms with Crippen LogP contribution in [-0.4, -0.2) is 19.8 Å². The lowest BCUT2D eigenvalue weighted by atomic mass is 10.0. The number of halogens is 1. The second kappa shape index (κ2) is 7.53. The number of nitrogens with zero attached hydrogens (tertiary/aromatic N) is 3. The number of benzene rings is 1. The van der Waals surface area contributed by atoms with Gasteiger partial charge in [-0.25, -0.2) is 8.91 Å². The monoisotopic (exact) mass is 377 g/mol. The van der Waals surface area contributed by atoms with E-state index in [1.54, 1.807) is 24.5 Å². The van der Waals surface area contributed by atoms with Crippen LogP contribution in [0.2, 0.25) is 0 Å². The van der Waals surface area contributed by atoms with Gasteiger partial charge in [-0.1, -0.05) is 19.9 Å². The summed E-state index contributed by atoms with van der Waals surface area (Å²) in [6.45, 7) is 4.41. The summed E-state index contributed by atoms with van der Waals surface area (Å²) < 4.78 is 15.4. The molecule has 5 heteroatoms.